The largest absolute Gasteiger partial charge is 0.376 e. The Morgan fingerprint density at radius 2 is 2.00 bits per heavy atom. The summed E-state index contributed by atoms with van der Waals surface area (Å²) in [4.78, 5) is 11.5. The SMILES string of the molecule is CC(Cc1cccc(=O)n1CO)CC(C)(C)C. The second-order valence-corrected chi connectivity index (χ2v) is 6.00. The van der Waals surface area contributed by atoms with Crippen LogP contribution in [0.3, 0.4) is 0 Å². The van der Waals surface area contributed by atoms with E-state index in [0.29, 0.717) is 11.3 Å². The van der Waals surface area contributed by atoms with Crippen LogP contribution in [-0.4, -0.2) is 9.67 Å². The smallest absolute Gasteiger partial charge is 0.252 e. The van der Waals surface area contributed by atoms with Crippen LogP contribution in [0, 0.1) is 11.3 Å². The summed E-state index contributed by atoms with van der Waals surface area (Å²) < 4.78 is 1.43. The van der Waals surface area contributed by atoms with Crippen molar-refractivity contribution in [2.45, 2.75) is 47.3 Å². The molecule has 0 fully saturated rings. The number of hydrogen-bond donors (Lipinski definition) is 1. The van der Waals surface area contributed by atoms with Crippen LogP contribution in [0.2, 0.25) is 0 Å². The van der Waals surface area contributed by atoms with Crippen molar-refractivity contribution in [2.24, 2.45) is 11.3 Å². The summed E-state index contributed by atoms with van der Waals surface area (Å²) >= 11 is 0. The maximum atomic E-state index is 11.5. The summed E-state index contributed by atoms with van der Waals surface area (Å²) in [5.74, 6) is 0.495. The van der Waals surface area contributed by atoms with E-state index >= 15 is 0 Å². The Balaban J connectivity index is 2.82. The molecule has 0 bridgehead atoms. The van der Waals surface area contributed by atoms with E-state index < -0.39 is 0 Å². The van der Waals surface area contributed by atoms with Crippen molar-refractivity contribution < 1.29 is 5.11 Å². The van der Waals surface area contributed by atoms with Crippen LogP contribution in [0.25, 0.3) is 0 Å². The molecule has 0 saturated carbocycles. The fourth-order valence-corrected chi connectivity index (χ4v) is 2.38. The Labute approximate surface area is 103 Å². The molecule has 1 aromatic rings. The van der Waals surface area contributed by atoms with Gasteiger partial charge in [0.1, 0.15) is 6.73 Å². The average Bonchev–Trinajstić information content (AvgIpc) is 2.14. The highest BCUT2D eigenvalue weighted by Gasteiger charge is 2.16. The molecule has 0 aliphatic heterocycles. The molecule has 1 unspecified atom stereocenters. The first-order valence-corrected chi connectivity index (χ1v) is 6.13. The molecule has 1 heterocycles. The lowest BCUT2D eigenvalue weighted by Crippen LogP contribution is -2.24. The predicted molar refractivity (Wildman–Crippen MR) is 69.9 cm³/mol. The topological polar surface area (TPSA) is 42.2 Å². The van der Waals surface area contributed by atoms with Crippen LogP contribution in [0.5, 0.6) is 0 Å². The lowest BCUT2D eigenvalue weighted by molar-refractivity contribution is 0.199. The highest BCUT2D eigenvalue weighted by atomic mass is 16.3. The zero-order valence-electron chi connectivity index (χ0n) is 11.2. The predicted octanol–water partition coefficient (Wildman–Crippen LogP) is 2.41. The molecule has 1 atom stereocenters. The van der Waals surface area contributed by atoms with Crippen LogP contribution in [0.15, 0.2) is 23.0 Å². The molecule has 0 spiro atoms. The first-order chi connectivity index (χ1) is 7.83. The Hall–Kier alpha value is -1.09. The van der Waals surface area contributed by atoms with E-state index in [9.17, 15) is 9.90 Å². The Morgan fingerprint density at radius 3 is 2.53 bits per heavy atom. The third kappa shape index (κ3) is 4.35. The normalized spacial score (nSPS) is 13.7. The monoisotopic (exact) mass is 237 g/mol. The summed E-state index contributed by atoms with van der Waals surface area (Å²) in [5, 5.41) is 9.21. The zero-order chi connectivity index (χ0) is 13.1. The molecule has 0 radical (unpaired) electrons. The molecule has 17 heavy (non-hydrogen) atoms. The lowest BCUT2D eigenvalue weighted by Gasteiger charge is -2.24. The Morgan fingerprint density at radius 1 is 1.35 bits per heavy atom. The van der Waals surface area contributed by atoms with Gasteiger partial charge in [0, 0.05) is 11.8 Å². The molecule has 0 saturated heterocycles. The highest BCUT2D eigenvalue weighted by molar-refractivity contribution is 5.07. The zero-order valence-corrected chi connectivity index (χ0v) is 11.2. The third-order valence-electron chi connectivity index (χ3n) is 2.80. The van der Waals surface area contributed by atoms with Gasteiger partial charge >= 0.3 is 0 Å². The number of aliphatic hydroxyl groups excluding tert-OH is 1. The van der Waals surface area contributed by atoms with E-state index in [-0.39, 0.29) is 12.3 Å². The molecular weight excluding hydrogens is 214 g/mol. The van der Waals surface area contributed by atoms with Gasteiger partial charge in [-0.3, -0.25) is 9.36 Å². The van der Waals surface area contributed by atoms with Gasteiger partial charge in [0.2, 0.25) is 0 Å². The first-order valence-electron chi connectivity index (χ1n) is 6.13. The molecule has 96 valence electrons. The van der Waals surface area contributed by atoms with Gasteiger partial charge in [-0.1, -0.05) is 33.8 Å². The molecule has 3 nitrogen and oxygen atoms in total. The van der Waals surface area contributed by atoms with E-state index in [2.05, 4.69) is 27.7 Å². The van der Waals surface area contributed by atoms with Crippen molar-refractivity contribution in [1.29, 1.82) is 0 Å². The molecule has 1 aromatic heterocycles. The number of nitrogens with zero attached hydrogens (tertiary/aromatic N) is 1. The summed E-state index contributed by atoms with van der Waals surface area (Å²) in [7, 11) is 0. The highest BCUT2D eigenvalue weighted by Crippen LogP contribution is 2.26. The molecule has 0 aromatic carbocycles. The maximum absolute atomic E-state index is 11.5. The van der Waals surface area contributed by atoms with E-state index in [1.807, 2.05) is 6.07 Å². The van der Waals surface area contributed by atoms with Gasteiger partial charge in [0.25, 0.3) is 5.56 Å². The van der Waals surface area contributed by atoms with Crippen LogP contribution < -0.4 is 5.56 Å². The van der Waals surface area contributed by atoms with Gasteiger partial charge in [-0.2, -0.15) is 0 Å². The summed E-state index contributed by atoms with van der Waals surface area (Å²) in [6, 6.07) is 5.15. The van der Waals surface area contributed by atoms with Crippen molar-refractivity contribution in [3.8, 4) is 0 Å². The quantitative estimate of drug-likeness (QED) is 0.873. The van der Waals surface area contributed by atoms with Gasteiger partial charge in [0.05, 0.1) is 0 Å². The summed E-state index contributed by atoms with van der Waals surface area (Å²) in [5.41, 5.74) is 1.07. The standard InChI is InChI=1S/C14H23NO2/c1-11(9-14(2,3)4)8-12-6-5-7-13(17)15(12)10-16/h5-7,11,16H,8-10H2,1-4H3. The van der Waals surface area contributed by atoms with Crippen LogP contribution >= 0.6 is 0 Å². The number of aliphatic hydroxyl groups is 1. The molecule has 0 amide bonds. The minimum absolute atomic E-state index is 0.132. The van der Waals surface area contributed by atoms with E-state index in [0.717, 1.165) is 18.5 Å². The molecule has 1 N–H and O–H groups in total. The van der Waals surface area contributed by atoms with Crippen molar-refractivity contribution in [3.63, 3.8) is 0 Å². The fraction of sp³-hybridized carbons (Fsp3) is 0.643. The van der Waals surface area contributed by atoms with E-state index in [1.165, 1.54) is 10.6 Å². The van der Waals surface area contributed by atoms with Crippen molar-refractivity contribution in [1.82, 2.24) is 4.57 Å². The van der Waals surface area contributed by atoms with Crippen molar-refractivity contribution in [3.05, 3.63) is 34.2 Å². The summed E-state index contributed by atoms with van der Waals surface area (Å²) in [6.07, 6.45) is 1.93. The molecule has 1 rings (SSSR count). The average molecular weight is 237 g/mol. The molecular formula is C14H23NO2. The second kappa shape index (κ2) is 5.50. The lowest BCUT2D eigenvalue weighted by atomic mass is 9.83. The molecule has 0 aliphatic carbocycles. The Kier molecular flexibility index (Phi) is 4.52. The number of pyridine rings is 1. The van der Waals surface area contributed by atoms with Gasteiger partial charge in [-0.15, -0.1) is 0 Å². The number of rotatable bonds is 4. The minimum atomic E-state index is -0.239. The van der Waals surface area contributed by atoms with Gasteiger partial charge in [0.15, 0.2) is 0 Å². The van der Waals surface area contributed by atoms with Crippen molar-refractivity contribution in [2.75, 3.05) is 0 Å². The molecule has 3 heteroatoms. The third-order valence-corrected chi connectivity index (χ3v) is 2.80. The van der Waals surface area contributed by atoms with Gasteiger partial charge < -0.3 is 5.11 Å². The van der Waals surface area contributed by atoms with E-state index in [4.69, 9.17) is 0 Å². The fourth-order valence-electron chi connectivity index (χ4n) is 2.38. The number of aromatic nitrogens is 1. The van der Waals surface area contributed by atoms with Crippen LogP contribution in [0.1, 0.15) is 39.8 Å². The van der Waals surface area contributed by atoms with Gasteiger partial charge in [-0.25, -0.2) is 0 Å². The minimum Gasteiger partial charge on any atom is -0.376 e. The maximum Gasteiger partial charge on any atom is 0.252 e. The van der Waals surface area contributed by atoms with Gasteiger partial charge in [-0.05, 0) is 30.2 Å². The first kappa shape index (κ1) is 14.0. The van der Waals surface area contributed by atoms with Crippen LogP contribution in [-0.2, 0) is 13.2 Å². The van der Waals surface area contributed by atoms with E-state index in [1.54, 1.807) is 6.07 Å². The number of hydrogen-bond acceptors (Lipinski definition) is 2. The molecule has 0 aliphatic rings. The van der Waals surface area contributed by atoms with Crippen LogP contribution in [0.4, 0.5) is 0 Å². The second-order valence-electron chi connectivity index (χ2n) is 6.00. The Bertz CT molecular complexity index is 415. The van der Waals surface area contributed by atoms with Crippen molar-refractivity contribution >= 4 is 0 Å². The summed E-state index contributed by atoms with van der Waals surface area (Å²) in [6.45, 7) is 8.59.